The van der Waals surface area contributed by atoms with Crippen LogP contribution in [0.25, 0.3) is 0 Å². The molecule has 1 saturated heterocycles. The van der Waals surface area contributed by atoms with Crippen molar-refractivity contribution in [1.29, 1.82) is 0 Å². The first-order chi connectivity index (χ1) is 30.4. The maximum atomic E-state index is 12.7. The maximum Gasteiger partial charge on any atom is 0.254 e. The van der Waals surface area contributed by atoms with E-state index in [-0.39, 0.29) is 34.7 Å². The predicted molar refractivity (Wildman–Crippen MR) is 293 cm³/mol. The van der Waals surface area contributed by atoms with Crippen LogP contribution in [0.3, 0.4) is 0 Å². The van der Waals surface area contributed by atoms with Gasteiger partial charge in [0, 0.05) is 13.1 Å². The highest BCUT2D eigenvalue weighted by molar-refractivity contribution is 7.43. The number of rotatable bonds is 6. The topological polar surface area (TPSA) is 87.4 Å². The summed E-state index contributed by atoms with van der Waals surface area (Å²) in [5, 5.41) is 0. The zero-order valence-corrected chi connectivity index (χ0v) is 48.7. The first kappa shape index (κ1) is 56.4. The Morgan fingerprint density at radius 1 is 0.309 bits per heavy atom. The van der Waals surface area contributed by atoms with E-state index in [1.54, 1.807) is 0 Å². The molecule has 8 heteroatoms. The van der Waals surface area contributed by atoms with Gasteiger partial charge in [-0.05, 0) is 110 Å². The molecule has 0 bridgehead atoms. The van der Waals surface area contributed by atoms with Gasteiger partial charge in [-0.3, -0.25) is 0 Å². The van der Waals surface area contributed by atoms with Gasteiger partial charge in [0.2, 0.25) is 0 Å². The second kappa shape index (κ2) is 18.2. The van der Waals surface area contributed by atoms with Gasteiger partial charge < -0.3 is 19.6 Å². The molecule has 0 atom stereocenters. The molecule has 0 spiro atoms. The quantitative estimate of drug-likeness (QED) is 0.144. The van der Waals surface area contributed by atoms with Crippen LogP contribution in [0.1, 0.15) is 233 Å². The Kier molecular flexibility index (Phi) is 15.1. The van der Waals surface area contributed by atoms with E-state index < -0.39 is 49.8 Å². The van der Waals surface area contributed by atoms with Crippen molar-refractivity contribution in [3.05, 3.63) is 140 Å². The third-order valence-electron chi connectivity index (χ3n) is 14.6. The Labute approximate surface area is 417 Å². The Morgan fingerprint density at radius 2 is 0.485 bits per heavy atom. The number of hydrogen-bond donors (Lipinski definition) is 4. The lowest BCUT2D eigenvalue weighted by Gasteiger charge is -2.66. The Morgan fingerprint density at radius 3 is 0.618 bits per heavy atom. The van der Waals surface area contributed by atoms with Gasteiger partial charge in [0.25, 0.3) is 17.1 Å². The summed E-state index contributed by atoms with van der Waals surface area (Å²) in [6, 6.07) is 27.5. The van der Waals surface area contributed by atoms with Crippen LogP contribution < -0.4 is 0 Å². The molecule has 0 aliphatic carbocycles. The van der Waals surface area contributed by atoms with Crippen LogP contribution in [0.2, 0.25) is 0 Å². The molecule has 1 aliphatic heterocycles. The zero-order valence-electron chi connectivity index (χ0n) is 46.9. The van der Waals surface area contributed by atoms with Gasteiger partial charge in [0.05, 0.1) is 0 Å². The lowest BCUT2D eigenvalue weighted by atomic mass is 9.53. The highest BCUT2D eigenvalue weighted by atomic mass is 31.2. The summed E-state index contributed by atoms with van der Waals surface area (Å²) in [5.41, 5.74) is 6.73. The molecule has 1 aliphatic rings. The average molecular weight is 967 g/mol. The fraction of sp³-hybridized carbons (Fsp3) is 0.600. The summed E-state index contributed by atoms with van der Waals surface area (Å²) in [4.78, 5) is 50.8. The van der Waals surface area contributed by atoms with E-state index >= 15 is 0 Å². The molecule has 0 saturated carbocycles. The minimum absolute atomic E-state index is 0.144. The normalized spacial score (nSPS) is 17.4. The van der Waals surface area contributed by atoms with Crippen molar-refractivity contribution >= 4 is 17.1 Å². The molecule has 4 aromatic rings. The molecule has 1 heterocycles. The molecule has 4 aromatic carbocycles. The van der Waals surface area contributed by atoms with E-state index in [4.69, 9.17) is 0 Å². The molecule has 5 rings (SSSR count). The van der Waals surface area contributed by atoms with Crippen LogP contribution in [-0.2, 0) is 54.4 Å². The molecule has 0 radical (unpaired) electrons. The van der Waals surface area contributed by atoms with Crippen molar-refractivity contribution in [3.8, 4) is 0 Å². The molecular weight excluding hydrogens is 875 g/mol. The first-order valence-corrected chi connectivity index (χ1v) is 27.4. The van der Waals surface area contributed by atoms with Gasteiger partial charge in [-0.25, -0.2) is 9.34 Å². The van der Waals surface area contributed by atoms with E-state index in [0.29, 0.717) is 0 Å². The summed E-state index contributed by atoms with van der Waals surface area (Å²) in [7, 11) is -5.73. The van der Waals surface area contributed by atoms with Gasteiger partial charge in [-0.1, -0.05) is 239 Å². The highest BCUT2D eigenvalue weighted by Crippen LogP contribution is 2.70. The van der Waals surface area contributed by atoms with E-state index in [0.717, 1.165) is 44.5 Å². The smallest absolute Gasteiger partial charge is 0.254 e. The Hall–Kier alpha value is -2.50. The molecule has 1 fully saturated rings. The molecule has 0 unspecified atom stereocenters. The van der Waals surface area contributed by atoms with Crippen molar-refractivity contribution in [2.24, 2.45) is 0 Å². The van der Waals surface area contributed by atoms with Crippen molar-refractivity contribution < 1.29 is 19.6 Å². The van der Waals surface area contributed by atoms with Crippen LogP contribution in [0.5, 0.6) is 0 Å². The second-order valence-electron chi connectivity index (χ2n) is 28.2. The van der Waals surface area contributed by atoms with Crippen molar-refractivity contribution in [2.45, 2.75) is 221 Å². The maximum absolute atomic E-state index is 12.7. The number of hydrogen-bond acceptors (Lipinski definition) is 6. The van der Waals surface area contributed by atoms with E-state index in [1.165, 1.54) is 22.3 Å². The minimum atomic E-state index is -2.86. The average Bonchev–Trinajstić information content (AvgIpc) is 3.16. The van der Waals surface area contributed by atoms with E-state index in [1.807, 2.05) is 9.34 Å². The molecule has 4 N–H and O–H groups in total. The molecule has 376 valence electrons. The number of nitrogens with zero attached hydrogens (tertiary/aromatic N) is 2. The van der Waals surface area contributed by atoms with Crippen LogP contribution in [0.15, 0.2) is 72.8 Å². The predicted octanol–water partition coefficient (Wildman–Crippen LogP) is 15.3. The van der Waals surface area contributed by atoms with Crippen LogP contribution in [-0.4, -0.2) is 42.0 Å². The molecular formula is C60H92N2O4P2. The third-order valence-corrected chi connectivity index (χ3v) is 16.5. The van der Waals surface area contributed by atoms with Gasteiger partial charge in [0.1, 0.15) is 11.1 Å². The van der Waals surface area contributed by atoms with Crippen molar-refractivity contribution in [2.75, 3.05) is 13.1 Å². The standard InChI is InChI=1S/C60H92N2O4P2/c1-51(2,3)39-25-29-43(47(35-39)55(13,14)15)59(44-30-26-40(52(4,5)6)36-48(44)56(16,17)18)60(62(68(65)66)34-33-61(59)67(63)64,45-31-27-41(53(7,8)9)37-49(45)57(19,20)21)46-32-28-42(54(10,11)12)38-50(46)58(22,23)24/h25-32,35-38,63-66H,33-34H2,1-24H3. The van der Waals surface area contributed by atoms with Crippen LogP contribution in [0, 0.1) is 0 Å². The molecule has 68 heavy (non-hydrogen) atoms. The second-order valence-corrected chi connectivity index (χ2v) is 30.3. The number of piperazine rings is 1. The summed E-state index contributed by atoms with van der Waals surface area (Å²) >= 11 is 0. The number of benzene rings is 4. The largest absolute Gasteiger partial charge is 0.338 e. The van der Waals surface area contributed by atoms with E-state index in [9.17, 15) is 19.6 Å². The zero-order chi connectivity index (χ0) is 52.1. The summed E-state index contributed by atoms with van der Waals surface area (Å²) in [6.07, 6.45) is 0. The first-order valence-electron chi connectivity index (χ1n) is 25.0. The van der Waals surface area contributed by atoms with Crippen LogP contribution in [0.4, 0.5) is 0 Å². The lowest BCUT2D eigenvalue weighted by Crippen LogP contribution is -2.71. The molecule has 0 aromatic heterocycles. The van der Waals surface area contributed by atoms with Gasteiger partial charge >= 0.3 is 0 Å². The van der Waals surface area contributed by atoms with Gasteiger partial charge in [0.15, 0.2) is 0 Å². The van der Waals surface area contributed by atoms with Gasteiger partial charge in [-0.15, -0.1) is 0 Å². The molecule has 6 nitrogen and oxygen atoms in total. The molecule has 0 amide bonds. The summed E-state index contributed by atoms with van der Waals surface area (Å²) in [5.74, 6) is 0. The van der Waals surface area contributed by atoms with Crippen molar-refractivity contribution in [3.63, 3.8) is 0 Å². The van der Waals surface area contributed by atoms with Crippen molar-refractivity contribution in [1.82, 2.24) is 9.34 Å². The third kappa shape index (κ3) is 10.3. The Bertz CT molecular complexity index is 2140. The van der Waals surface area contributed by atoms with Gasteiger partial charge in [-0.2, -0.15) is 0 Å². The fourth-order valence-corrected chi connectivity index (χ4v) is 12.6. The summed E-state index contributed by atoms with van der Waals surface area (Å²) in [6.45, 7) is 54.4. The van der Waals surface area contributed by atoms with E-state index in [2.05, 4.69) is 239 Å². The lowest BCUT2D eigenvalue weighted by molar-refractivity contribution is -0.0135. The minimum Gasteiger partial charge on any atom is -0.338 e. The highest BCUT2D eigenvalue weighted by Gasteiger charge is 2.70. The van der Waals surface area contributed by atoms with Crippen LogP contribution >= 0.6 is 17.1 Å². The Balaban J connectivity index is 2.47. The SMILES string of the molecule is CC(C)(C)c1ccc(C2(c3ccc(C(C)(C)C)cc3C(C)(C)C)N(P(O)O)CCN(P(O)O)C2(c2ccc(C(C)(C)C)cc2C(C)(C)C)c2ccc(C(C)(C)C)cc2C(C)(C)C)c(C(C)(C)C)c1. The monoisotopic (exact) mass is 967 g/mol. The fourth-order valence-electron chi connectivity index (χ4n) is 10.8. The summed E-state index contributed by atoms with van der Waals surface area (Å²) < 4.78 is 3.96.